The molecule has 0 spiro atoms. The third-order valence-corrected chi connectivity index (χ3v) is 3.25. The first-order valence-electron chi connectivity index (χ1n) is 3.52. The Hall–Kier alpha value is -0.870. The molecule has 0 saturated carbocycles. The van der Waals surface area contributed by atoms with E-state index >= 15 is 0 Å². The fourth-order valence-electron chi connectivity index (χ4n) is 0.966. The first-order chi connectivity index (χ1) is 5.75. The zero-order valence-corrected chi connectivity index (χ0v) is 8.21. The fourth-order valence-corrected chi connectivity index (χ4v) is 2.46. The summed E-state index contributed by atoms with van der Waals surface area (Å²) in [6.07, 6.45) is 0. The maximum absolute atomic E-state index is 5.53. The second-order valence-corrected chi connectivity index (χ2v) is 4.36. The summed E-state index contributed by atoms with van der Waals surface area (Å²) in [5.74, 6) is 0. The molecule has 0 amide bonds. The lowest BCUT2D eigenvalue weighted by Crippen LogP contribution is -1.80. The normalized spacial score (nSPS) is 10.4. The largest absolute Gasteiger partial charge is 0.375 e. The van der Waals surface area contributed by atoms with E-state index in [4.69, 9.17) is 5.73 Å². The summed E-state index contributed by atoms with van der Waals surface area (Å²) >= 11 is 3.19. The van der Waals surface area contributed by atoms with Gasteiger partial charge >= 0.3 is 0 Å². The van der Waals surface area contributed by atoms with Gasteiger partial charge in [0.2, 0.25) is 0 Å². The van der Waals surface area contributed by atoms with Crippen LogP contribution in [-0.4, -0.2) is 4.98 Å². The van der Waals surface area contributed by atoms with Gasteiger partial charge in [0.05, 0.1) is 10.6 Å². The highest BCUT2D eigenvalue weighted by Gasteiger charge is 2.03. The molecule has 0 aromatic carbocycles. The molecule has 0 bridgehead atoms. The van der Waals surface area contributed by atoms with Crippen LogP contribution in [0.3, 0.4) is 0 Å². The van der Waals surface area contributed by atoms with Gasteiger partial charge in [-0.1, -0.05) is 0 Å². The SMILES string of the molecule is Cc1csc(-c2csc(N)n2)c1. The summed E-state index contributed by atoms with van der Waals surface area (Å²) in [6.45, 7) is 2.08. The van der Waals surface area contributed by atoms with Crippen molar-refractivity contribution in [1.82, 2.24) is 4.98 Å². The highest BCUT2D eigenvalue weighted by atomic mass is 32.1. The number of thiophene rings is 1. The number of nitrogens with two attached hydrogens (primary N) is 1. The molecule has 2 aromatic heterocycles. The molecule has 2 heterocycles. The summed E-state index contributed by atoms with van der Waals surface area (Å²) < 4.78 is 0. The number of nitrogens with zero attached hydrogens (tertiary/aromatic N) is 1. The molecule has 0 fully saturated rings. The molecule has 2 aromatic rings. The first kappa shape index (κ1) is 7.76. The van der Waals surface area contributed by atoms with Gasteiger partial charge in [0.25, 0.3) is 0 Å². The molecule has 0 unspecified atom stereocenters. The number of hydrogen-bond acceptors (Lipinski definition) is 4. The number of hydrogen-bond donors (Lipinski definition) is 1. The molecule has 2 N–H and O–H groups in total. The van der Waals surface area contributed by atoms with E-state index in [-0.39, 0.29) is 0 Å². The predicted octanol–water partition coefficient (Wildman–Crippen LogP) is 2.76. The van der Waals surface area contributed by atoms with E-state index in [9.17, 15) is 0 Å². The Morgan fingerprint density at radius 3 is 2.67 bits per heavy atom. The lowest BCUT2D eigenvalue weighted by molar-refractivity contribution is 1.43. The number of aromatic nitrogens is 1. The maximum Gasteiger partial charge on any atom is 0.180 e. The van der Waals surface area contributed by atoms with Crippen molar-refractivity contribution in [2.45, 2.75) is 6.92 Å². The molecule has 0 saturated heterocycles. The van der Waals surface area contributed by atoms with Crippen LogP contribution in [0, 0.1) is 6.92 Å². The van der Waals surface area contributed by atoms with Gasteiger partial charge in [-0.15, -0.1) is 22.7 Å². The van der Waals surface area contributed by atoms with Crippen LogP contribution in [0.25, 0.3) is 10.6 Å². The van der Waals surface area contributed by atoms with Gasteiger partial charge in [0.1, 0.15) is 0 Å². The van der Waals surface area contributed by atoms with Crippen LogP contribution in [-0.2, 0) is 0 Å². The molecule has 2 rings (SSSR count). The van der Waals surface area contributed by atoms with Crippen molar-refractivity contribution in [3.8, 4) is 10.6 Å². The Balaban J connectivity index is 2.43. The fraction of sp³-hybridized carbons (Fsp3) is 0.125. The summed E-state index contributed by atoms with van der Waals surface area (Å²) in [5, 5.41) is 4.74. The summed E-state index contributed by atoms with van der Waals surface area (Å²) in [7, 11) is 0. The Bertz CT molecular complexity index is 351. The quantitative estimate of drug-likeness (QED) is 0.761. The monoisotopic (exact) mass is 196 g/mol. The molecule has 62 valence electrons. The lowest BCUT2D eigenvalue weighted by atomic mass is 10.3. The molecule has 0 aliphatic heterocycles. The number of nitrogen functional groups attached to an aromatic ring is 1. The van der Waals surface area contributed by atoms with E-state index in [1.165, 1.54) is 21.8 Å². The van der Waals surface area contributed by atoms with Crippen molar-refractivity contribution in [3.05, 3.63) is 22.4 Å². The Morgan fingerprint density at radius 1 is 1.33 bits per heavy atom. The highest BCUT2D eigenvalue weighted by Crippen LogP contribution is 2.28. The lowest BCUT2D eigenvalue weighted by Gasteiger charge is -1.85. The van der Waals surface area contributed by atoms with Crippen LogP contribution in [0.4, 0.5) is 5.13 Å². The van der Waals surface area contributed by atoms with E-state index in [2.05, 4.69) is 23.4 Å². The third kappa shape index (κ3) is 1.35. The number of thiazole rings is 1. The van der Waals surface area contributed by atoms with Gasteiger partial charge in [0.15, 0.2) is 5.13 Å². The van der Waals surface area contributed by atoms with E-state index in [0.29, 0.717) is 5.13 Å². The minimum Gasteiger partial charge on any atom is -0.375 e. The van der Waals surface area contributed by atoms with Gasteiger partial charge < -0.3 is 5.73 Å². The van der Waals surface area contributed by atoms with Crippen molar-refractivity contribution in [3.63, 3.8) is 0 Å². The van der Waals surface area contributed by atoms with Crippen LogP contribution >= 0.6 is 22.7 Å². The van der Waals surface area contributed by atoms with Gasteiger partial charge in [-0.3, -0.25) is 0 Å². The summed E-state index contributed by atoms with van der Waals surface area (Å²) in [5.41, 5.74) is 7.81. The third-order valence-electron chi connectivity index (χ3n) is 1.50. The standard InChI is InChI=1S/C8H8N2S2/c1-5-2-7(11-3-5)6-4-12-8(9)10-6/h2-4H,1H3,(H2,9,10). The molecular formula is C8H8N2S2. The highest BCUT2D eigenvalue weighted by molar-refractivity contribution is 7.15. The molecule has 0 aliphatic rings. The van der Waals surface area contributed by atoms with Crippen molar-refractivity contribution in [1.29, 1.82) is 0 Å². The van der Waals surface area contributed by atoms with Gasteiger partial charge in [-0.05, 0) is 23.9 Å². The Labute approximate surface area is 78.7 Å². The second kappa shape index (κ2) is 2.88. The topological polar surface area (TPSA) is 38.9 Å². The number of anilines is 1. The van der Waals surface area contributed by atoms with Crippen LogP contribution in [0.15, 0.2) is 16.8 Å². The van der Waals surface area contributed by atoms with Gasteiger partial charge in [-0.25, -0.2) is 4.98 Å². The minimum absolute atomic E-state index is 0.635. The van der Waals surface area contributed by atoms with Gasteiger partial charge in [-0.2, -0.15) is 0 Å². The zero-order chi connectivity index (χ0) is 8.55. The molecule has 4 heteroatoms. The molecular weight excluding hydrogens is 188 g/mol. The number of rotatable bonds is 1. The van der Waals surface area contributed by atoms with Crippen LogP contribution in [0.1, 0.15) is 5.56 Å². The van der Waals surface area contributed by atoms with Crippen molar-refractivity contribution in [2.75, 3.05) is 5.73 Å². The van der Waals surface area contributed by atoms with E-state index in [1.807, 2.05) is 5.38 Å². The minimum atomic E-state index is 0.635. The summed E-state index contributed by atoms with van der Waals surface area (Å²) in [6, 6.07) is 2.12. The smallest absolute Gasteiger partial charge is 0.180 e. The molecule has 2 nitrogen and oxygen atoms in total. The average Bonchev–Trinajstić information content (AvgIpc) is 2.58. The number of aryl methyl sites for hydroxylation is 1. The van der Waals surface area contributed by atoms with Crippen LogP contribution < -0.4 is 5.73 Å². The first-order valence-corrected chi connectivity index (χ1v) is 5.28. The Kier molecular flexibility index (Phi) is 1.86. The average molecular weight is 196 g/mol. The molecule has 12 heavy (non-hydrogen) atoms. The van der Waals surface area contributed by atoms with Crippen molar-refractivity contribution < 1.29 is 0 Å². The predicted molar refractivity (Wildman–Crippen MR) is 54.6 cm³/mol. The van der Waals surface area contributed by atoms with E-state index in [0.717, 1.165) is 5.69 Å². The summed E-state index contributed by atoms with van der Waals surface area (Å²) in [4.78, 5) is 5.40. The van der Waals surface area contributed by atoms with Crippen LogP contribution in [0.5, 0.6) is 0 Å². The molecule has 0 radical (unpaired) electrons. The maximum atomic E-state index is 5.53. The van der Waals surface area contributed by atoms with Gasteiger partial charge in [0, 0.05) is 5.38 Å². The second-order valence-electron chi connectivity index (χ2n) is 2.56. The van der Waals surface area contributed by atoms with E-state index in [1.54, 1.807) is 11.3 Å². The Morgan fingerprint density at radius 2 is 2.17 bits per heavy atom. The van der Waals surface area contributed by atoms with Crippen molar-refractivity contribution >= 4 is 27.8 Å². The van der Waals surface area contributed by atoms with Crippen LogP contribution in [0.2, 0.25) is 0 Å². The molecule has 0 aliphatic carbocycles. The molecule has 0 atom stereocenters. The van der Waals surface area contributed by atoms with E-state index < -0.39 is 0 Å². The zero-order valence-electron chi connectivity index (χ0n) is 6.57. The van der Waals surface area contributed by atoms with Crippen molar-refractivity contribution in [2.24, 2.45) is 0 Å².